The molecule has 0 radical (unpaired) electrons. The normalized spacial score (nSPS) is 18.9. The lowest BCUT2D eigenvalue weighted by Gasteiger charge is -2.27. The highest BCUT2D eigenvalue weighted by Gasteiger charge is 2.33. The molecule has 0 spiro atoms. The van der Waals surface area contributed by atoms with Crippen molar-refractivity contribution in [3.05, 3.63) is 69.2 Å². The van der Waals surface area contributed by atoms with E-state index >= 15 is 0 Å². The Labute approximate surface area is 181 Å². The monoisotopic (exact) mass is 436 g/mol. The summed E-state index contributed by atoms with van der Waals surface area (Å²) in [6.07, 6.45) is -1.15. The van der Waals surface area contributed by atoms with Gasteiger partial charge >= 0.3 is 6.09 Å². The van der Waals surface area contributed by atoms with Crippen LogP contribution in [0.3, 0.4) is 0 Å². The second-order valence-corrected chi connectivity index (χ2v) is 7.63. The average Bonchev–Trinajstić information content (AvgIpc) is 3.18. The molecule has 2 aromatic carbocycles. The molecule has 2 saturated heterocycles. The van der Waals surface area contributed by atoms with Crippen LogP contribution in [0.4, 0.5) is 16.2 Å². The Bertz CT molecular complexity index is 1310. The zero-order chi connectivity index (χ0) is 22.2. The van der Waals surface area contributed by atoms with Crippen LogP contribution >= 0.6 is 0 Å². The molecule has 1 N–H and O–H groups in total. The molecular formula is C22H20N4O6. The van der Waals surface area contributed by atoms with E-state index in [1.54, 1.807) is 53.4 Å². The molecule has 0 saturated carbocycles. The summed E-state index contributed by atoms with van der Waals surface area (Å²) < 4.78 is 11.8. The van der Waals surface area contributed by atoms with Gasteiger partial charge in [-0.15, -0.1) is 0 Å². The average molecular weight is 436 g/mol. The summed E-state index contributed by atoms with van der Waals surface area (Å²) in [5, 5.41) is 3.18. The summed E-state index contributed by atoms with van der Waals surface area (Å²) in [4.78, 5) is 52.5. The second-order valence-electron chi connectivity index (χ2n) is 7.63. The second kappa shape index (κ2) is 7.97. The van der Waals surface area contributed by atoms with Crippen LogP contribution in [-0.4, -0.2) is 54.2 Å². The number of carbonyl (C=O) groups is 2. The lowest BCUT2D eigenvalue weighted by molar-refractivity contribution is -0.125. The van der Waals surface area contributed by atoms with Crippen LogP contribution in [0.15, 0.2) is 58.1 Å². The van der Waals surface area contributed by atoms with Crippen molar-refractivity contribution >= 4 is 34.1 Å². The number of anilines is 2. The topological polar surface area (TPSA) is 114 Å². The number of nitrogens with one attached hydrogen (secondary N) is 1. The molecule has 2 fully saturated rings. The van der Waals surface area contributed by atoms with Gasteiger partial charge in [0.1, 0.15) is 12.7 Å². The molecule has 10 nitrogen and oxygen atoms in total. The molecule has 2 aliphatic heterocycles. The molecule has 0 aliphatic carbocycles. The van der Waals surface area contributed by atoms with Crippen LogP contribution in [0, 0.1) is 0 Å². The maximum absolute atomic E-state index is 12.7. The summed E-state index contributed by atoms with van der Waals surface area (Å²) >= 11 is 0. The highest BCUT2D eigenvalue weighted by molar-refractivity contribution is 5.95. The summed E-state index contributed by atoms with van der Waals surface area (Å²) in [6, 6.07) is 13.6. The van der Waals surface area contributed by atoms with E-state index < -0.39 is 12.2 Å². The fourth-order valence-corrected chi connectivity index (χ4v) is 4.01. The SMILES string of the molecule is O=C1COCCN1c1ccc(N2CC(Cn3[nH]c(=O)c4ccccc4c3=O)OC2=O)cc1. The number of aromatic amines is 1. The van der Waals surface area contributed by atoms with E-state index in [2.05, 4.69) is 5.10 Å². The first kappa shape index (κ1) is 20.0. The van der Waals surface area contributed by atoms with Gasteiger partial charge in [0.05, 0.1) is 30.5 Å². The zero-order valence-electron chi connectivity index (χ0n) is 17.0. The maximum atomic E-state index is 12.7. The van der Waals surface area contributed by atoms with Crippen molar-refractivity contribution in [2.45, 2.75) is 12.6 Å². The van der Waals surface area contributed by atoms with Gasteiger partial charge in [0, 0.05) is 17.9 Å². The molecule has 1 unspecified atom stereocenters. The third-order valence-corrected chi connectivity index (χ3v) is 5.60. The molecule has 3 aromatic rings. The van der Waals surface area contributed by atoms with Gasteiger partial charge in [-0.25, -0.2) is 9.48 Å². The number of morpholine rings is 1. The number of H-pyrrole nitrogens is 1. The predicted octanol–water partition coefficient (Wildman–Crippen LogP) is 1.08. The van der Waals surface area contributed by atoms with Crippen LogP contribution < -0.4 is 20.9 Å². The van der Waals surface area contributed by atoms with Gasteiger partial charge in [-0.05, 0) is 36.4 Å². The number of amides is 2. The number of aromatic nitrogens is 2. The first-order valence-electron chi connectivity index (χ1n) is 10.2. The Morgan fingerprint density at radius 3 is 2.31 bits per heavy atom. The van der Waals surface area contributed by atoms with Crippen molar-refractivity contribution in [1.29, 1.82) is 0 Å². The molecule has 0 bridgehead atoms. The molecule has 1 atom stereocenters. The quantitative estimate of drug-likeness (QED) is 0.655. The van der Waals surface area contributed by atoms with Gasteiger partial charge in [-0.1, -0.05) is 12.1 Å². The lowest BCUT2D eigenvalue weighted by atomic mass is 10.2. The minimum atomic E-state index is -0.613. The first-order chi connectivity index (χ1) is 15.5. The molecule has 3 heterocycles. The molecule has 32 heavy (non-hydrogen) atoms. The number of hydrogen-bond acceptors (Lipinski definition) is 6. The maximum Gasteiger partial charge on any atom is 0.414 e. The molecule has 2 aliphatic rings. The number of benzene rings is 2. The fourth-order valence-electron chi connectivity index (χ4n) is 4.01. The standard InChI is InChI=1S/C22H20N4O6/c27-19-13-31-10-9-24(19)14-5-7-15(8-6-14)25-11-16(32-22(25)30)12-26-21(29)18-4-2-1-3-17(18)20(28)23-26/h1-8,16H,9-13H2,(H,23,28). The van der Waals surface area contributed by atoms with Gasteiger partial charge in [0.25, 0.3) is 17.0 Å². The highest BCUT2D eigenvalue weighted by atomic mass is 16.6. The van der Waals surface area contributed by atoms with Crippen molar-refractivity contribution < 1.29 is 19.1 Å². The van der Waals surface area contributed by atoms with Crippen molar-refractivity contribution in [2.24, 2.45) is 0 Å². The predicted molar refractivity (Wildman–Crippen MR) is 116 cm³/mol. The number of ether oxygens (including phenoxy) is 2. The third-order valence-electron chi connectivity index (χ3n) is 5.60. The largest absolute Gasteiger partial charge is 0.442 e. The molecule has 164 valence electrons. The summed E-state index contributed by atoms with van der Waals surface area (Å²) in [5.74, 6) is -0.112. The van der Waals surface area contributed by atoms with Gasteiger partial charge in [-0.2, -0.15) is 0 Å². The molecular weight excluding hydrogens is 416 g/mol. The Morgan fingerprint density at radius 1 is 0.906 bits per heavy atom. The van der Waals surface area contributed by atoms with E-state index in [1.165, 1.54) is 9.58 Å². The van der Waals surface area contributed by atoms with E-state index in [9.17, 15) is 19.2 Å². The van der Waals surface area contributed by atoms with E-state index in [0.29, 0.717) is 29.6 Å². The summed E-state index contributed by atoms with van der Waals surface area (Å²) in [5.41, 5.74) is 0.608. The number of rotatable bonds is 4. The van der Waals surface area contributed by atoms with Crippen molar-refractivity contribution in [3.63, 3.8) is 0 Å². The van der Waals surface area contributed by atoms with Crippen molar-refractivity contribution in [3.8, 4) is 0 Å². The van der Waals surface area contributed by atoms with E-state index in [1.807, 2.05) is 0 Å². The smallest absolute Gasteiger partial charge is 0.414 e. The number of carbonyl (C=O) groups excluding carboxylic acids is 2. The first-order valence-corrected chi connectivity index (χ1v) is 10.2. The molecule has 10 heteroatoms. The Hall–Kier alpha value is -3.92. The van der Waals surface area contributed by atoms with E-state index in [4.69, 9.17) is 9.47 Å². The number of nitrogens with zero attached hydrogens (tertiary/aromatic N) is 3. The molecule has 5 rings (SSSR count). The van der Waals surface area contributed by atoms with Gasteiger partial charge in [-0.3, -0.25) is 24.4 Å². The van der Waals surface area contributed by atoms with Crippen LogP contribution in [-0.2, 0) is 20.8 Å². The number of cyclic esters (lactones) is 1. The highest BCUT2D eigenvalue weighted by Crippen LogP contribution is 2.26. The fraction of sp³-hybridized carbons (Fsp3) is 0.273. The van der Waals surface area contributed by atoms with Crippen LogP contribution in [0.1, 0.15) is 0 Å². The third kappa shape index (κ3) is 3.54. The van der Waals surface area contributed by atoms with Crippen LogP contribution in [0.2, 0.25) is 0 Å². The van der Waals surface area contributed by atoms with Crippen molar-refractivity contribution in [1.82, 2.24) is 9.78 Å². The molecule has 1 aromatic heterocycles. The number of hydrogen-bond donors (Lipinski definition) is 1. The lowest BCUT2D eigenvalue weighted by Crippen LogP contribution is -2.41. The Morgan fingerprint density at radius 2 is 1.59 bits per heavy atom. The zero-order valence-corrected chi connectivity index (χ0v) is 17.0. The van der Waals surface area contributed by atoms with Crippen molar-refractivity contribution in [2.75, 3.05) is 36.1 Å². The minimum Gasteiger partial charge on any atom is -0.442 e. The Kier molecular flexibility index (Phi) is 4.98. The van der Waals surface area contributed by atoms with Gasteiger partial charge in [0.2, 0.25) is 0 Å². The minimum absolute atomic E-state index is 0.0293. The van der Waals surface area contributed by atoms with Gasteiger partial charge < -0.3 is 14.4 Å². The molecule has 2 amide bonds. The van der Waals surface area contributed by atoms with Crippen LogP contribution in [0.25, 0.3) is 10.8 Å². The Balaban J connectivity index is 1.33. The van der Waals surface area contributed by atoms with E-state index in [0.717, 1.165) is 5.69 Å². The summed E-state index contributed by atoms with van der Waals surface area (Å²) in [7, 11) is 0. The summed E-state index contributed by atoms with van der Waals surface area (Å²) in [6.45, 7) is 1.25. The van der Waals surface area contributed by atoms with Gasteiger partial charge in [0.15, 0.2) is 0 Å². The number of fused-ring (bicyclic) bond motifs is 1. The van der Waals surface area contributed by atoms with E-state index in [-0.39, 0.29) is 36.7 Å². The van der Waals surface area contributed by atoms with Crippen LogP contribution in [0.5, 0.6) is 0 Å².